The van der Waals surface area contributed by atoms with E-state index in [1.54, 1.807) is 0 Å². The third-order valence-electron chi connectivity index (χ3n) is 14.8. The number of pyridine rings is 1. The fourth-order valence-corrected chi connectivity index (χ4v) is 11.2. The highest BCUT2D eigenvalue weighted by Gasteiger charge is 2.43. The van der Waals surface area contributed by atoms with Crippen LogP contribution in [0.5, 0.6) is 0 Å². The van der Waals surface area contributed by atoms with E-state index in [0.29, 0.717) is 83.2 Å². The lowest BCUT2D eigenvalue weighted by Crippen LogP contribution is -2.47. The Labute approximate surface area is 380 Å². The van der Waals surface area contributed by atoms with Gasteiger partial charge in [-0.05, 0) is 145 Å². The molecule has 8 heterocycles. The average Bonchev–Trinajstić information content (AvgIpc) is 3.84. The number of unbranched alkanes of at least 4 members (excludes halogenated alkanes) is 4. The Hall–Kier alpha value is -5.70. The van der Waals surface area contributed by atoms with Crippen molar-refractivity contribution in [3.63, 3.8) is 0 Å². The van der Waals surface area contributed by atoms with Gasteiger partial charge in [0.25, 0.3) is 0 Å². The number of carbonyl (C=O) groups is 3. The molecule has 0 radical (unpaired) electrons. The molecule has 1 aliphatic carbocycles. The van der Waals surface area contributed by atoms with Crippen molar-refractivity contribution in [1.82, 2.24) is 45.0 Å². The molecule has 15 nitrogen and oxygen atoms in total. The number of nitrogens with one attached hydrogen (secondary N) is 2. The number of fused-ring (bicyclic) bond motifs is 3. The van der Waals surface area contributed by atoms with Crippen LogP contribution in [0.4, 0.5) is 11.5 Å². The largest absolute Gasteiger partial charge is 0.383 e. The summed E-state index contributed by atoms with van der Waals surface area (Å²) in [5.74, 6) is 2.37. The maximum absolute atomic E-state index is 13.6. The Morgan fingerprint density at radius 1 is 0.831 bits per heavy atom. The second-order valence-corrected chi connectivity index (χ2v) is 19.6. The molecule has 2 bridgehead atoms. The molecular weight excluding hydrogens is 819 g/mol. The Bertz CT molecular complexity index is 2490. The number of amides is 3. The molecular formula is C50H63N11O4. The van der Waals surface area contributed by atoms with E-state index in [-0.39, 0.29) is 23.9 Å². The first-order valence-corrected chi connectivity index (χ1v) is 24.4. The smallest absolute Gasteiger partial charge is 0.249 e. The van der Waals surface area contributed by atoms with Gasteiger partial charge in [0, 0.05) is 48.8 Å². The lowest BCUT2D eigenvalue weighted by molar-refractivity contribution is -0.136. The zero-order valence-electron chi connectivity index (χ0n) is 37.9. The van der Waals surface area contributed by atoms with Crippen molar-refractivity contribution in [2.24, 2.45) is 0 Å². The molecule has 1 aromatic carbocycles. The van der Waals surface area contributed by atoms with Gasteiger partial charge in [-0.15, -0.1) is 0 Å². The van der Waals surface area contributed by atoms with Gasteiger partial charge in [-0.2, -0.15) is 5.10 Å². The van der Waals surface area contributed by atoms with Gasteiger partial charge in [-0.1, -0.05) is 42.6 Å². The molecule has 4 N–H and O–H groups in total. The number of nitrogen functional groups attached to an aromatic ring is 1. The van der Waals surface area contributed by atoms with Gasteiger partial charge in [0.15, 0.2) is 5.65 Å². The number of imide groups is 1. The standard InChI is InChI=1S/C50H63N11O4/c1-30(2)61-49-44(48(51)53-29-54-49)45(57-61)46-43(47(65-58-46)33-9-10-33)39-18-13-34(28-52-39)35-26-37-16-17-38(27-35)60(37)42(63)8-6-4-3-5-7-23-59-24-21-32(22-25-59)31-11-14-36(15-12-31)55-40-19-20-41(62)56-50(40)64/h11-15,18,28-30,32-33,35,37-38,40,55H,3-10,16-17,19-27H2,1-2H3,(H2,51,53,54)(H,56,62,64)/t35?,37-,38+,40?. The summed E-state index contributed by atoms with van der Waals surface area (Å²) in [7, 11) is 0. The van der Waals surface area contributed by atoms with Crippen molar-refractivity contribution in [1.29, 1.82) is 0 Å². The average molecular weight is 882 g/mol. The van der Waals surface area contributed by atoms with Gasteiger partial charge in [0.05, 0.1) is 16.6 Å². The molecule has 0 spiro atoms. The van der Waals surface area contributed by atoms with E-state index in [0.717, 1.165) is 107 Å². The summed E-state index contributed by atoms with van der Waals surface area (Å²) in [5.41, 5.74) is 13.5. The third kappa shape index (κ3) is 9.13. The fourth-order valence-electron chi connectivity index (χ4n) is 11.2. The van der Waals surface area contributed by atoms with E-state index in [1.165, 1.54) is 36.7 Å². The highest BCUT2D eigenvalue weighted by molar-refractivity contribution is 6.02. The van der Waals surface area contributed by atoms with Crippen LogP contribution in [0.25, 0.3) is 33.7 Å². The normalized spacial score (nSPS) is 22.8. The third-order valence-corrected chi connectivity index (χ3v) is 14.8. The van der Waals surface area contributed by atoms with Gasteiger partial charge in [0.2, 0.25) is 17.7 Å². The summed E-state index contributed by atoms with van der Waals surface area (Å²) in [6.07, 6.45) is 19.3. The minimum absolute atomic E-state index is 0.0646. The molecule has 15 heteroatoms. The summed E-state index contributed by atoms with van der Waals surface area (Å²) in [4.78, 5) is 56.0. The summed E-state index contributed by atoms with van der Waals surface area (Å²) >= 11 is 0. The van der Waals surface area contributed by atoms with E-state index in [4.69, 9.17) is 20.3 Å². The molecule has 5 aliphatic rings. The molecule has 4 saturated heterocycles. The maximum Gasteiger partial charge on any atom is 0.249 e. The topological polar surface area (TPSA) is 190 Å². The van der Waals surface area contributed by atoms with Crippen LogP contribution in [-0.2, 0) is 14.4 Å². The van der Waals surface area contributed by atoms with Crippen LogP contribution < -0.4 is 16.4 Å². The predicted molar refractivity (Wildman–Crippen MR) is 249 cm³/mol. The molecule has 342 valence electrons. The summed E-state index contributed by atoms with van der Waals surface area (Å²) in [6, 6.07) is 13.1. The van der Waals surface area contributed by atoms with Crippen LogP contribution in [0.2, 0.25) is 0 Å². The number of hydrogen-bond donors (Lipinski definition) is 3. The summed E-state index contributed by atoms with van der Waals surface area (Å²) in [5, 5.41) is 15.9. The van der Waals surface area contributed by atoms with E-state index < -0.39 is 0 Å². The lowest BCUT2D eigenvalue weighted by atomic mass is 9.85. The number of aromatic nitrogens is 6. The number of nitrogens with zero attached hydrogens (tertiary/aromatic N) is 8. The minimum Gasteiger partial charge on any atom is -0.383 e. The number of piperidine rings is 3. The van der Waals surface area contributed by atoms with Crippen molar-refractivity contribution in [2.75, 3.05) is 30.7 Å². The van der Waals surface area contributed by atoms with Crippen LogP contribution in [0, 0.1) is 0 Å². The highest BCUT2D eigenvalue weighted by atomic mass is 16.5. The molecule has 3 amide bonds. The van der Waals surface area contributed by atoms with Crippen LogP contribution in [0.1, 0.15) is 157 Å². The molecule has 5 aromatic rings. The first-order valence-electron chi connectivity index (χ1n) is 24.4. The SMILES string of the molecule is CC(C)n1nc(-c2noc(C3CC3)c2-c2ccc(C3C[C@H]4CC[C@@H](C3)N4C(=O)CCCCCCCN3CCC(c4ccc(NC5CCC(=O)NC5=O)cc4)CC3)cn2)c2c(N)ncnc21. The predicted octanol–water partition coefficient (Wildman–Crippen LogP) is 8.26. The lowest BCUT2D eigenvalue weighted by Gasteiger charge is -2.39. The molecule has 2 unspecified atom stereocenters. The molecule has 4 aromatic heterocycles. The molecule has 5 fully saturated rings. The van der Waals surface area contributed by atoms with Crippen LogP contribution in [0.15, 0.2) is 53.4 Å². The van der Waals surface area contributed by atoms with Gasteiger partial charge in [-0.25, -0.2) is 14.6 Å². The number of benzene rings is 1. The van der Waals surface area contributed by atoms with Crippen LogP contribution >= 0.6 is 0 Å². The quantitative estimate of drug-likeness (QED) is 0.0637. The van der Waals surface area contributed by atoms with Crippen LogP contribution in [0.3, 0.4) is 0 Å². The maximum atomic E-state index is 13.6. The Kier molecular flexibility index (Phi) is 12.4. The van der Waals surface area contributed by atoms with Crippen molar-refractivity contribution >= 4 is 40.3 Å². The van der Waals surface area contributed by atoms with Gasteiger partial charge in [0.1, 0.15) is 35.3 Å². The zero-order chi connectivity index (χ0) is 44.6. The van der Waals surface area contributed by atoms with Crippen LogP contribution in [-0.4, -0.2) is 95.2 Å². The second kappa shape index (κ2) is 18.7. The van der Waals surface area contributed by atoms with Crippen molar-refractivity contribution in [3.8, 4) is 22.6 Å². The van der Waals surface area contributed by atoms with E-state index in [2.05, 4.69) is 85.8 Å². The van der Waals surface area contributed by atoms with Gasteiger partial charge in [-0.3, -0.25) is 24.7 Å². The van der Waals surface area contributed by atoms with E-state index in [9.17, 15) is 14.4 Å². The number of rotatable bonds is 16. The monoisotopic (exact) mass is 882 g/mol. The molecule has 1 saturated carbocycles. The molecule has 10 rings (SSSR count). The molecule has 65 heavy (non-hydrogen) atoms. The van der Waals surface area contributed by atoms with Gasteiger partial charge >= 0.3 is 0 Å². The van der Waals surface area contributed by atoms with Gasteiger partial charge < -0.3 is 25.4 Å². The van der Waals surface area contributed by atoms with Crippen molar-refractivity contribution in [3.05, 3.63) is 65.8 Å². The first-order chi connectivity index (χ1) is 31.7. The van der Waals surface area contributed by atoms with Crippen molar-refractivity contribution < 1.29 is 18.9 Å². The zero-order valence-corrected chi connectivity index (χ0v) is 37.9. The number of nitrogens with two attached hydrogens (primary N) is 1. The Morgan fingerprint density at radius 3 is 2.28 bits per heavy atom. The molecule has 4 aliphatic heterocycles. The summed E-state index contributed by atoms with van der Waals surface area (Å²) in [6.45, 7) is 7.52. The summed E-state index contributed by atoms with van der Waals surface area (Å²) < 4.78 is 7.91. The minimum atomic E-state index is -0.359. The second-order valence-electron chi connectivity index (χ2n) is 19.6. The fraction of sp³-hybridized carbons (Fsp3) is 0.560. The number of carbonyl (C=O) groups excluding carboxylic acids is 3. The Morgan fingerprint density at radius 2 is 1.57 bits per heavy atom. The highest BCUT2D eigenvalue weighted by Crippen LogP contribution is 2.49. The Balaban J connectivity index is 0.661. The number of hydrogen-bond acceptors (Lipinski definition) is 12. The molecule has 4 atom stereocenters. The first kappa shape index (κ1) is 43.2. The number of anilines is 2. The van der Waals surface area contributed by atoms with Crippen molar-refractivity contribution in [2.45, 2.75) is 159 Å². The van der Waals surface area contributed by atoms with E-state index >= 15 is 0 Å². The van der Waals surface area contributed by atoms with E-state index in [1.807, 2.05) is 10.9 Å². The number of likely N-dealkylation sites (tertiary alicyclic amines) is 1.